The minimum absolute atomic E-state index is 0. The summed E-state index contributed by atoms with van der Waals surface area (Å²) in [7, 11) is 0. The molecule has 0 unspecified atom stereocenters. The second-order valence-corrected chi connectivity index (χ2v) is 1.55. The molecule has 0 aromatic carbocycles. The normalized spacial score (nSPS) is 7.08. The summed E-state index contributed by atoms with van der Waals surface area (Å²) in [6.45, 7) is -1.28. The van der Waals surface area contributed by atoms with Crippen molar-refractivity contribution in [2.45, 2.75) is 0 Å². The van der Waals surface area contributed by atoms with Crippen molar-refractivity contribution in [3.8, 4) is 0 Å². The molecule has 62 valence electrons. The third-order valence-electron chi connectivity index (χ3n) is 0.681. The van der Waals surface area contributed by atoms with Gasteiger partial charge in [0.25, 0.3) is 0 Å². The molecular weight excluding hydrogens is 172 g/mol. The molecule has 0 aliphatic rings. The van der Waals surface area contributed by atoms with Crippen molar-refractivity contribution >= 4 is 35.5 Å². The van der Waals surface area contributed by atoms with Gasteiger partial charge in [0, 0.05) is 12.4 Å². The fourth-order valence-electron chi connectivity index (χ4n) is 0.313. The number of hydrogen-bond acceptors (Lipinski definition) is 2. The van der Waals surface area contributed by atoms with E-state index in [-0.39, 0.29) is 29.6 Å². The average Bonchev–Trinajstić information content (AvgIpc) is 2.09. The molecule has 0 amide bonds. The van der Waals surface area contributed by atoms with Crippen LogP contribution in [-0.4, -0.2) is 52.3 Å². The molecule has 12 heavy (non-hydrogen) atoms. The molecule has 0 aliphatic heterocycles. The zero-order valence-electron chi connectivity index (χ0n) is 5.77. The molecule has 0 fully saturated rings. The third kappa shape index (κ3) is 12.2. The van der Waals surface area contributed by atoms with E-state index in [1.807, 2.05) is 18.2 Å². The van der Waals surface area contributed by atoms with Gasteiger partial charge in [0.2, 0.25) is 0 Å². The van der Waals surface area contributed by atoms with Crippen LogP contribution < -0.4 is 0 Å². The molecule has 1 N–H and O–H groups in total. The third-order valence-corrected chi connectivity index (χ3v) is 0.681. The van der Waals surface area contributed by atoms with Gasteiger partial charge in [0.05, 0.1) is 0 Å². The van der Waals surface area contributed by atoms with Crippen molar-refractivity contribution in [2.24, 2.45) is 0 Å². The number of aliphatic carboxylic acids is 1. The smallest absolute Gasteiger partial charge is 0.0267 e. The van der Waals surface area contributed by atoms with E-state index in [9.17, 15) is 4.39 Å². The van der Waals surface area contributed by atoms with Crippen molar-refractivity contribution in [2.75, 3.05) is 6.67 Å². The van der Waals surface area contributed by atoms with Crippen molar-refractivity contribution in [3.05, 3.63) is 30.6 Å². The van der Waals surface area contributed by atoms with Crippen LogP contribution in [0.5, 0.6) is 0 Å². The van der Waals surface area contributed by atoms with Crippen LogP contribution in [0.4, 0.5) is 4.39 Å². The van der Waals surface area contributed by atoms with Crippen LogP contribution in [0.1, 0.15) is 0 Å². The maximum atomic E-state index is 10.5. The van der Waals surface area contributed by atoms with Gasteiger partial charge in [0.1, 0.15) is 0 Å². The van der Waals surface area contributed by atoms with Gasteiger partial charge in [-0.25, -0.2) is 9.18 Å². The Morgan fingerprint density at radius 1 is 1.33 bits per heavy atom. The van der Waals surface area contributed by atoms with E-state index in [0.717, 1.165) is 0 Å². The summed E-state index contributed by atoms with van der Waals surface area (Å²) >= 11 is 0. The minimum Gasteiger partial charge on any atom is -0.265 e. The molecular formula is C7H9FNNaO2. The van der Waals surface area contributed by atoms with Crippen molar-refractivity contribution in [3.63, 3.8) is 0 Å². The zero-order chi connectivity index (χ0) is 8.53. The second-order valence-electron chi connectivity index (χ2n) is 1.55. The molecule has 0 atom stereocenters. The van der Waals surface area contributed by atoms with Crippen LogP contribution >= 0.6 is 0 Å². The molecule has 1 rings (SSSR count). The van der Waals surface area contributed by atoms with E-state index in [4.69, 9.17) is 9.90 Å². The standard InChI is InChI=1S/C5H5N.C2H3FO2.Na.H/c1-2-4-6-5-3-1;3-1-2(4)5;;/h1-5H;1H2,(H,4,5);;. The van der Waals surface area contributed by atoms with E-state index in [1.165, 1.54) is 0 Å². The van der Waals surface area contributed by atoms with Gasteiger partial charge in [-0.3, -0.25) is 4.98 Å². The number of alkyl halides is 1. The van der Waals surface area contributed by atoms with Gasteiger partial charge in [-0.05, 0) is 12.1 Å². The zero-order valence-corrected chi connectivity index (χ0v) is 5.77. The molecule has 0 aliphatic carbocycles. The number of rotatable bonds is 1. The molecule has 1 heterocycles. The van der Waals surface area contributed by atoms with Gasteiger partial charge in [-0.15, -0.1) is 0 Å². The van der Waals surface area contributed by atoms with Gasteiger partial charge in [-0.2, -0.15) is 0 Å². The van der Waals surface area contributed by atoms with E-state index >= 15 is 0 Å². The Bertz CT molecular complexity index is 169. The number of halogens is 1. The Labute approximate surface area is 91.9 Å². The summed E-state index contributed by atoms with van der Waals surface area (Å²) in [5.74, 6) is -1.41. The van der Waals surface area contributed by atoms with Gasteiger partial charge in [0.15, 0.2) is 6.67 Å². The van der Waals surface area contributed by atoms with E-state index < -0.39 is 12.6 Å². The summed E-state index contributed by atoms with van der Waals surface area (Å²) in [6, 6.07) is 5.72. The van der Waals surface area contributed by atoms with E-state index in [2.05, 4.69) is 4.98 Å². The Balaban J connectivity index is 0. The number of hydrogen-bond donors (Lipinski definition) is 1. The fourth-order valence-corrected chi connectivity index (χ4v) is 0.313. The van der Waals surface area contributed by atoms with Crippen LogP contribution in [0.2, 0.25) is 0 Å². The Kier molecular flexibility index (Phi) is 12.4. The Hall–Kier alpha value is -0.450. The topological polar surface area (TPSA) is 50.2 Å². The van der Waals surface area contributed by atoms with Gasteiger partial charge >= 0.3 is 35.5 Å². The Morgan fingerprint density at radius 3 is 1.83 bits per heavy atom. The van der Waals surface area contributed by atoms with Crippen molar-refractivity contribution in [1.82, 2.24) is 4.98 Å². The predicted molar refractivity (Wildman–Crippen MR) is 45.0 cm³/mol. The molecule has 5 heteroatoms. The molecule has 0 saturated carbocycles. The van der Waals surface area contributed by atoms with Crippen LogP contribution in [0.3, 0.4) is 0 Å². The number of pyridine rings is 1. The number of nitrogens with zero attached hydrogens (tertiary/aromatic N) is 1. The van der Waals surface area contributed by atoms with Crippen molar-refractivity contribution < 1.29 is 14.3 Å². The fraction of sp³-hybridized carbons (Fsp3) is 0.143. The molecule has 3 nitrogen and oxygen atoms in total. The molecule has 1 aromatic rings. The summed E-state index contributed by atoms with van der Waals surface area (Å²) in [4.78, 5) is 12.8. The maximum absolute atomic E-state index is 10.5. The number of aromatic nitrogens is 1. The first-order chi connectivity index (χ1) is 5.27. The van der Waals surface area contributed by atoms with Gasteiger partial charge in [-0.1, -0.05) is 6.07 Å². The van der Waals surface area contributed by atoms with Crippen LogP contribution in [0, 0.1) is 0 Å². The SMILES string of the molecule is O=C(O)CF.[NaH].c1ccncc1. The monoisotopic (exact) mass is 181 g/mol. The van der Waals surface area contributed by atoms with E-state index in [0.29, 0.717) is 0 Å². The number of carbonyl (C=O) groups is 1. The summed E-state index contributed by atoms with van der Waals surface area (Å²) in [5.41, 5.74) is 0. The molecule has 0 saturated heterocycles. The summed E-state index contributed by atoms with van der Waals surface area (Å²) < 4.78 is 10.5. The largest absolute Gasteiger partial charge is 0.265 e. The quantitative estimate of drug-likeness (QED) is 0.641. The van der Waals surface area contributed by atoms with Gasteiger partial charge < -0.3 is 5.11 Å². The maximum Gasteiger partial charge on any atom is 0.0267 e. The molecule has 0 bridgehead atoms. The van der Waals surface area contributed by atoms with E-state index in [1.54, 1.807) is 12.4 Å². The van der Waals surface area contributed by atoms with Crippen LogP contribution in [0.25, 0.3) is 0 Å². The van der Waals surface area contributed by atoms with Crippen LogP contribution in [0.15, 0.2) is 30.6 Å². The number of carboxylic acid groups (broad SMARTS) is 1. The molecule has 0 spiro atoms. The summed E-state index contributed by atoms with van der Waals surface area (Å²) in [5, 5.41) is 7.35. The second kappa shape index (κ2) is 10.6. The minimum atomic E-state index is -1.41. The predicted octanol–water partition coefficient (Wildman–Crippen LogP) is 0.474. The number of carboxylic acids is 1. The van der Waals surface area contributed by atoms with Crippen molar-refractivity contribution in [1.29, 1.82) is 0 Å². The average molecular weight is 181 g/mol. The Morgan fingerprint density at radius 2 is 1.75 bits per heavy atom. The molecule has 0 radical (unpaired) electrons. The summed E-state index contributed by atoms with van der Waals surface area (Å²) in [6.07, 6.45) is 3.50. The molecule has 1 aromatic heterocycles. The first-order valence-corrected chi connectivity index (χ1v) is 2.90. The first-order valence-electron chi connectivity index (χ1n) is 2.90. The van der Waals surface area contributed by atoms with Crippen LogP contribution in [-0.2, 0) is 4.79 Å². The first kappa shape index (κ1) is 14.1.